The summed E-state index contributed by atoms with van der Waals surface area (Å²) < 4.78 is 15.3. The van der Waals surface area contributed by atoms with Crippen LogP contribution >= 0.6 is 15.9 Å². The third-order valence-corrected chi connectivity index (χ3v) is 5.73. The molecule has 3 aromatic carbocycles. The van der Waals surface area contributed by atoms with Gasteiger partial charge in [-0.3, -0.25) is 0 Å². The molecule has 0 saturated carbocycles. The Morgan fingerprint density at radius 3 is 1.61 bits per heavy atom. The summed E-state index contributed by atoms with van der Waals surface area (Å²) in [6.45, 7) is -0.508. The van der Waals surface area contributed by atoms with Crippen LogP contribution in [0, 0.1) is 0 Å². The average molecular weight is 435 g/mol. The quantitative estimate of drug-likeness (QED) is 0.263. The van der Waals surface area contributed by atoms with Crippen LogP contribution in [0.4, 0.5) is 4.39 Å². The zero-order valence-electron chi connectivity index (χ0n) is 15.2. The molecule has 0 saturated heterocycles. The summed E-state index contributed by atoms with van der Waals surface area (Å²) in [5.74, 6) is 0. The van der Waals surface area contributed by atoms with Gasteiger partial charge in [0, 0.05) is 6.20 Å². The SMILES string of the molecule is FCC(Br)c1cn(C(c2ccccc2)(c2ccccc2)c2ccccc2)cn1. The van der Waals surface area contributed by atoms with Gasteiger partial charge >= 0.3 is 0 Å². The van der Waals surface area contributed by atoms with Gasteiger partial charge in [-0.1, -0.05) is 107 Å². The smallest absolute Gasteiger partial charge is 0.121 e. The van der Waals surface area contributed by atoms with E-state index in [9.17, 15) is 4.39 Å². The highest BCUT2D eigenvalue weighted by molar-refractivity contribution is 9.09. The van der Waals surface area contributed by atoms with Crippen LogP contribution in [-0.2, 0) is 5.54 Å². The number of halogens is 2. The van der Waals surface area contributed by atoms with Crippen LogP contribution in [0.2, 0.25) is 0 Å². The van der Waals surface area contributed by atoms with E-state index in [1.807, 2.05) is 60.8 Å². The lowest BCUT2D eigenvalue weighted by Crippen LogP contribution is -2.36. The average Bonchev–Trinajstić information content (AvgIpc) is 3.26. The molecule has 0 aliphatic heterocycles. The summed E-state index contributed by atoms with van der Waals surface area (Å²) in [6, 6.07) is 31.1. The number of nitrogens with zero attached hydrogens (tertiary/aromatic N) is 2. The molecule has 1 aromatic heterocycles. The van der Waals surface area contributed by atoms with Crippen molar-refractivity contribution in [3.8, 4) is 0 Å². The Hall–Kier alpha value is -2.72. The van der Waals surface area contributed by atoms with E-state index in [0.717, 1.165) is 16.7 Å². The first-order chi connectivity index (χ1) is 13.8. The highest BCUT2D eigenvalue weighted by Gasteiger charge is 2.38. The number of aromatic nitrogens is 2. The summed E-state index contributed by atoms with van der Waals surface area (Å²) in [5.41, 5.74) is 3.40. The lowest BCUT2D eigenvalue weighted by Gasteiger charge is -2.37. The number of benzene rings is 3. The largest absolute Gasteiger partial charge is 0.319 e. The first-order valence-corrected chi connectivity index (χ1v) is 10.1. The number of hydrogen-bond acceptors (Lipinski definition) is 1. The Labute approximate surface area is 172 Å². The van der Waals surface area contributed by atoms with Gasteiger partial charge in [0.1, 0.15) is 12.2 Å². The van der Waals surface area contributed by atoms with Crippen molar-refractivity contribution < 1.29 is 4.39 Å². The van der Waals surface area contributed by atoms with Gasteiger partial charge in [-0.25, -0.2) is 9.37 Å². The summed E-state index contributed by atoms with van der Waals surface area (Å²) in [6.07, 6.45) is 3.73. The molecule has 1 unspecified atom stereocenters. The Morgan fingerprint density at radius 1 is 0.786 bits per heavy atom. The second kappa shape index (κ2) is 8.11. The molecule has 0 aliphatic rings. The van der Waals surface area contributed by atoms with Crippen LogP contribution in [0.5, 0.6) is 0 Å². The molecule has 0 bridgehead atoms. The van der Waals surface area contributed by atoms with Crippen molar-refractivity contribution in [1.82, 2.24) is 9.55 Å². The minimum Gasteiger partial charge on any atom is -0.319 e. The fraction of sp³-hybridized carbons (Fsp3) is 0.125. The molecule has 28 heavy (non-hydrogen) atoms. The summed E-state index contributed by atoms with van der Waals surface area (Å²) >= 11 is 3.38. The van der Waals surface area contributed by atoms with E-state index in [2.05, 4.69) is 61.9 Å². The van der Waals surface area contributed by atoms with Crippen LogP contribution in [0.1, 0.15) is 27.2 Å². The van der Waals surface area contributed by atoms with Crippen molar-refractivity contribution in [2.75, 3.05) is 6.67 Å². The number of rotatable bonds is 6. The zero-order chi connectivity index (χ0) is 19.4. The molecular weight excluding hydrogens is 415 g/mol. The van der Waals surface area contributed by atoms with E-state index >= 15 is 0 Å². The molecule has 4 heteroatoms. The monoisotopic (exact) mass is 434 g/mol. The van der Waals surface area contributed by atoms with E-state index in [0.29, 0.717) is 5.69 Å². The maximum atomic E-state index is 13.3. The number of alkyl halides is 2. The van der Waals surface area contributed by atoms with Crippen molar-refractivity contribution in [1.29, 1.82) is 0 Å². The standard InChI is InChI=1S/C24H20BrFN2/c25-22(16-26)23-17-28(18-27-23)24(19-10-4-1-5-11-19,20-12-6-2-7-13-20)21-14-8-3-9-15-21/h1-15,17-18,22H,16H2. The van der Waals surface area contributed by atoms with Crippen LogP contribution < -0.4 is 0 Å². The second-order valence-electron chi connectivity index (χ2n) is 6.64. The molecule has 0 N–H and O–H groups in total. The summed E-state index contributed by atoms with van der Waals surface area (Å²) in [5, 5.41) is 0. The normalized spacial score (nSPS) is 12.6. The Bertz CT molecular complexity index is 920. The third-order valence-electron chi connectivity index (χ3n) is 5.02. The maximum Gasteiger partial charge on any atom is 0.121 e. The number of hydrogen-bond donors (Lipinski definition) is 0. The van der Waals surface area contributed by atoms with Crippen molar-refractivity contribution in [3.63, 3.8) is 0 Å². The molecule has 0 spiro atoms. The van der Waals surface area contributed by atoms with Crippen molar-refractivity contribution in [3.05, 3.63) is 126 Å². The third kappa shape index (κ3) is 3.18. The summed E-state index contributed by atoms with van der Waals surface area (Å²) in [4.78, 5) is 4.08. The summed E-state index contributed by atoms with van der Waals surface area (Å²) in [7, 11) is 0. The fourth-order valence-electron chi connectivity index (χ4n) is 3.75. The van der Waals surface area contributed by atoms with Crippen LogP contribution in [0.15, 0.2) is 104 Å². The van der Waals surface area contributed by atoms with Crippen molar-refractivity contribution >= 4 is 15.9 Å². The molecule has 1 heterocycles. The van der Waals surface area contributed by atoms with E-state index in [4.69, 9.17) is 0 Å². The van der Waals surface area contributed by atoms with Gasteiger partial charge in [0.05, 0.1) is 16.8 Å². The first-order valence-electron chi connectivity index (χ1n) is 9.17. The van der Waals surface area contributed by atoms with Crippen LogP contribution in [0.3, 0.4) is 0 Å². The van der Waals surface area contributed by atoms with Gasteiger partial charge in [0.25, 0.3) is 0 Å². The Kier molecular flexibility index (Phi) is 5.40. The topological polar surface area (TPSA) is 17.8 Å². The molecule has 2 nitrogen and oxygen atoms in total. The van der Waals surface area contributed by atoms with E-state index in [1.54, 1.807) is 6.33 Å². The minimum absolute atomic E-state index is 0.422. The second-order valence-corrected chi connectivity index (χ2v) is 7.74. The van der Waals surface area contributed by atoms with E-state index in [1.165, 1.54) is 0 Å². The van der Waals surface area contributed by atoms with Gasteiger partial charge in [0.2, 0.25) is 0 Å². The predicted molar refractivity (Wildman–Crippen MR) is 114 cm³/mol. The predicted octanol–water partition coefficient (Wildman–Crippen LogP) is 6.13. The van der Waals surface area contributed by atoms with Gasteiger partial charge in [-0.05, 0) is 16.7 Å². The van der Waals surface area contributed by atoms with Gasteiger partial charge in [0.15, 0.2) is 0 Å². The highest BCUT2D eigenvalue weighted by atomic mass is 79.9. The molecule has 140 valence electrons. The molecular formula is C24H20BrFN2. The Balaban J connectivity index is 2.06. The van der Waals surface area contributed by atoms with Crippen molar-refractivity contribution in [2.45, 2.75) is 10.4 Å². The molecule has 0 radical (unpaired) electrons. The maximum absolute atomic E-state index is 13.3. The lowest BCUT2D eigenvalue weighted by molar-refractivity contribution is 0.488. The molecule has 0 aliphatic carbocycles. The molecule has 4 rings (SSSR count). The molecule has 0 fully saturated rings. The van der Waals surface area contributed by atoms with E-state index in [-0.39, 0.29) is 0 Å². The molecule has 4 aromatic rings. The van der Waals surface area contributed by atoms with Crippen LogP contribution in [0.25, 0.3) is 0 Å². The minimum atomic E-state index is -0.613. The Morgan fingerprint density at radius 2 is 1.21 bits per heavy atom. The fourth-order valence-corrected chi connectivity index (χ4v) is 3.98. The van der Waals surface area contributed by atoms with Gasteiger partial charge < -0.3 is 4.57 Å². The zero-order valence-corrected chi connectivity index (χ0v) is 16.8. The lowest BCUT2D eigenvalue weighted by atomic mass is 9.77. The number of imidazole rings is 1. The van der Waals surface area contributed by atoms with Crippen LogP contribution in [-0.4, -0.2) is 16.2 Å². The van der Waals surface area contributed by atoms with E-state index < -0.39 is 17.0 Å². The van der Waals surface area contributed by atoms with Gasteiger partial charge in [-0.15, -0.1) is 0 Å². The van der Waals surface area contributed by atoms with Gasteiger partial charge in [-0.2, -0.15) is 0 Å². The first kappa shape index (κ1) is 18.6. The molecule has 0 amide bonds. The van der Waals surface area contributed by atoms with Crippen molar-refractivity contribution in [2.24, 2.45) is 0 Å². The highest BCUT2D eigenvalue weighted by Crippen LogP contribution is 2.41. The molecule has 1 atom stereocenters.